The molecule has 5 aromatic carbocycles. The molecule has 0 fully saturated rings. The molecule has 0 unspecified atom stereocenters. The average molecular weight is 576 g/mol. The van der Waals surface area contributed by atoms with E-state index in [9.17, 15) is 10.5 Å². The van der Waals surface area contributed by atoms with Crippen LogP contribution in [-0.4, -0.2) is 14.1 Å². The number of rotatable bonds is 2. The highest BCUT2D eigenvalue weighted by atomic mass is 15.1. The fraction of sp³-hybridized carbons (Fsp3) is 0.0750. The fourth-order valence-corrected chi connectivity index (χ4v) is 7.48. The molecular weight excluding hydrogens is 550 g/mol. The Balaban J connectivity index is 1.32. The third-order valence-corrected chi connectivity index (χ3v) is 9.58. The van der Waals surface area contributed by atoms with Crippen molar-refractivity contribution in [1.29, 1.82) is 10.5 Å². The lowest BCUT2D eigenvalue weighted by Crippen LogP contribution is -2.15. The molecule has 9 rings (SSSR count). The molecule has 0 spiro atoms. The van der Waals surface area contributed by atoms with Gasteiger partial charge in [0.15, 0.2) is 0 Å². The fourth-order valence-electron chi connectivity index (χ4n) is 7.48. The number of nitriles is 2. The predicted molar refractivity (Wildman–Crippen MR) is 180 cm³/mol. The van der Waals surface area contributed by atoms with Gasteiger partial charge in [0, 0.05) is 27.0 Å². The maximum absolute atomic E-state index is 9.65. The first-order chi connectivity index (χ1) is 22.0. The van der Waals surface area contributed by atoms with Crippen LogP contribution in [0.4, 0.5) is 0 Å². The number of nitrogens with zero attached hydrogens (tertiary/aromatic N) is 5. The molecule has 0 atom stereocenters. The smallest absolute Gasteiger partial charge is 0.140 e. The molecule has 3 heterocycles. The van der Waals surface area contributed by atoms with E-state index in [0.29, 0.717) is 11.1 Å². The number of hydrogen-bond donors (Lipinski definition) is 0. The van der Waals surface area contributed by atoms with Crippen LogP contribution in [0.1, 0.15) is 36.1 Å². The van der Waals surface area contributed by atoms with E-state index < -0.39 is 0 Å². The highest BCUT2D eigenvalue weighted by Gasteiger charge is 2.36. The zero-order valence-corrected chi connectivity index (χ0v) is 24.7. The van der Waals surface area contributed by atoms with Crippen molar-refractivity contribution >= 4 is 43.6 Å². The quantitative estimate of drug-likeness (QED) is 0.206. The SMILES string of the molecule is CC1(C)c2ccc(C#N)cc2-c2cc3c4ccccc4n(-c4cccc(-n5c6ccccc6c6cc(C#N)ccc65)n4)c3cc21. The lowest BCUT2D eigenvalue weighted by Gasteiger charge is -2.21. The van der Waals surface area contributed by atoms with Crippen LogP contribution in [-0.2, 0) is 5.41 Å². The molecule has 3 aromatic heterocycles. The van der Waals surface area contributed by atoms with Crippen molar-refractivity contribution in [1.82, 2.24) is 14.1 Å². The summed E-state index contributed by atoms with van der Waals surface area (Å²) in [6.07, 6.45) is 0. The van der Waals surface area contributed by atoms with E-state index >= 15 is 0 Å². The maximum atomic E-state index is 9.65. The van der Waals surface area contributed by atoms with Gasteiger partial charge in [-0.1, -0.05) is 62.4 Å². The normalized spacial score (nSPS) is 13.2. The van der Waals surface area contributed by atoms with Crippen molar-refractivity contribution in [2.75, 3.05) is 0 Å². The number of fused-ring (bicyclic) bond motifs is 9. The first-order valence-corrected chi connectivity index (χ1v) is 15.0. The van der Waals surface area contributed by atoms with Gasteiger partial charge in [0.1, 0.15) is 11.6 Å². The Morgan fingerprint density at radius 1 is 0.511 bits per heavy atom. The Morgan fingerprint density at radius 3 is 1.76 bits per heavy atom. The van der Waals surface area contributed by atoms with Crippen LogP contribution in [0, 0.1) is 22.7 Å². The minimum atomic E-state index is -0.214. The minimum Gasteiger partial charge on any atom is -0.294 e. The lowest BCUT2D eigenvalue weighted by molar-refractivity contribution is 0.661. The molecule has 0 N–H and O–H groups in total. The monoisotopic (exact) mass is 575 g/mol. The summed E-state index contributed by atoms with van der Waals surface area (Å²) >= 11 is 0. The molecule has 8 aromatic rings. The van der Waals surface area contributed by atoms with Gasteiger partial charge in [-0.05, 0) is 89.0 Å². The third-order valence-electron chi connectivity index (χ3n) is 9.58. The van der Waals surface area contributed by atoms with Crippen molar-refractivity contribution in [3.8, 4) is 34.9 Å². The number of hydrogen-bond acceptors (Lipinski definition) is 3. The zero-order valence-electron chi connectivity index (χ0n) is 24.7. The van der Waals surface area contributed by atoms with Gasteiger partial charge in [-0.2, -0.15) is 10.5 Å². The van der Waals surface area contributed by atoms with Crippen LogP contribution >= 0.6 is 0 Å². The van der Waals surface area contributed by atoms with E-state index in [1.807, 2.05) is 48.5 Å². The second-order valence-corrected chi connectivity index (χ2v) is 12.3. The summed E-state index contributed by atoms with van der Waals surface area (Å²) in [5.74, 6) is 1.64. The summed E-state index contributed by atoms with van der Waals surface area (Å²) in [5, 5.41) is 23.7. The van der Waals surface area contributed by atoms with Crippen molar-refractivity contribution in [2.24, 2.45) is 0 Å². The van der Waals surface area contributed by atoms with Gasteiger partial charge in [-0.25, -0.2) is 4.98 Å². The van der Waals surface area contributed by atoms with Gasteiger partial charge in [0.25, 0.3) is 0 Å². The van der Waals surface area contributed by atoms with E-state index in [1.54, 1.807) is 0 Å². The molecule has 0 amide bonds. The van der Waals surface area contributed by atoms with Gasteiger partial charge < -0.3 is 0 Å². The van der Waals surface area contributed by atoms with Crippen LogP contribution < -0.4 is 0 Å². The van der Waals surface area contributed by atoms with E-state index in [4.69, 9.17) is 4.98 Å². The number of benzene rings is 5. The molecule has 45 heavy (non-hydrogen) atoms. The minimum absolute atomic E-state index is 0.214. The molecule has 0 aliphatic heterocycles. The largest absolute Gasteiger partial charge is 0.294 e. The standard InChI is InChI=1S/C40H25N5/c1-40(2)32-16-14-24(22-41)18-28(32)29-20-31-27-9-4-6-11-35(27)45(37(31)21-33(29)40)39-13-7-12-38(43-39)44-34-10-5-3-8-26(34)30-19-25(23-42)15-17-36(30)44/h3-21H,1-2H3. The molecule has 0 saturated carbocycles. The van der Waals surface area contributed by atoms with Crippen molar-refractivity contribution in [2.45, 2.75) is 19.3 Å². The Morgan fingerprint density at radius 2 is 1.07 bits per heavy atom. The van der Waals surface area contributed by atoms with Crippen LogP contribution in [0.25, 0.3) is 66.4 Å². The van der Waals surface area contributed by atoms with E-state index in [0.717, 1.165) is 60.8 Å². The number of para-hydroxylation sites is 2. The van der Waals surface area contributed by atoms with Crippen LogP contribution in [0.3, 0.4) is 0 Å². The van der Waals surface area contributed by atoms with Gasteiger partial charge in [0.05, 0.1) is 45.3 Å². The summed E-state index contributed by atoms with van der Waals surface area (Å²) in [5.41, 5.74) is 10.2. The summed E-state index contributed by atoms with van der Waals surface area (Å²) in [6, 6.07) is 44.1. The molecule has 5 nitrogen and oxygen atoms in total. The molecular formula is C40H25N5. The van der Waals surface area contributed by atoms with Crippen molar-refractivity contribution in [3.63, 3.8) is 0 Å². The molecule has 5 heteroatoms. The van der Waals surface area contributed by atoms with Crippen LogP contribution in [0.15, 0.2) is 115 Å². The molecule has 210 valence electrons. The Bertz CT molecular complexity index is 2650. The number of pyridine rings is 1. The van der Waals surface area contributed by atoms with Gasteiger partial charge in [0.2, 0.25) is 0 Å². The van der Waals surface area contributed by atoms with E-state index in [1.165, 1.54) is 16.7 Å². The zero-order chi connectivity index (χ0) is 30.4. The third kappa shape index (κ3) is 3.38. The molecule has 0 radical (unpaired) electrons. The Labute approximate surface area is 259 Å². The predicted octanol–water partition coefficient (Wildman–Crippen LogP) is 9.33. The lowest BCUT2D eigenvalue weighted by atomic mass is 9.82. The maximum Gasteiger partial charge on any atom is 0.140 e. The van der Waals surface area contributed by atoms with Gasteiger partial charge >= 0.3 is 0 Å². The second kappa shape index (κ2) is 8.92. The Hall–Kier alpha value is -6.17. The Kier molecular flexibility index (Phi) is 5.03. The van der Waals surface area contributed by atoms with E-state index in [-0.39, 0.29) is 5.41 Å². The second-order valence-electron chi connectivity index (χ2n) is 12.3. The average Bonchev–Trinajstić information content (AvgIpc) is 3.66. The van der Waals surface area contributed by atoms with Crippen LogP contribution in [0.5, 0.6) is 0 Å². The molecule has 0 saturated heterocycles. The number of aromatic nitrogens is 3. The van der Waals surface area contributed by atoms with Gasteiger partial charge in [-0.15, -0.1) is 0 Å². The summed E-state index contributed by atoms with van der Waals surface area (Å²) in [7, 11) is 0. The summed E-state index contributed by atoms with van der Waals surface area (Å²) < 4.78 is 4.46. The van der Waals surface area contributed by atoms with Crippen LogP contribution in [0.2, 0.25) is 0 Å². The topological polar surface area (TPSA) is 70.3 Å². The molecule has 1 aliphatic rings. The van der Waals surface area contributed by atoms with Crippen molar-refractivity contribution in [3.05, 3.63) is 138 Å². The highest BCUT2D eigenvalue weighted by Crippen LogP contribution is 2.51. The van der Waals surface area contributed by atoms with Crippen molar-refractivity contribution < 1.29 is 0 Å². The summed E-state index contributed by atoms with van der Waals surface area (Å²) in [4.78, 5) is 5.32. The summed E-state index contributed by atoms with van der Waals surface area (Å²) in [6.45, 7) is 4.53. The molecule has 1 aliphatic carbocycles. The van der Waals surface area contributed by atoms with Gasteiger partial charge in [-0.3, -0.25) is 9.13 Å². The van der Waals surface area contributed by atoms with E-state index in [2.05, 4.69) is 102 Å². The molecule has 0 bridgehead atoms. The highest BCUT2D eigenvalue weighted by molar-refractivity contribution is 6.12. The first kappa shape index (κ1) is 25.3. The first-order valence-electron chi connectivity index (χ1n) is 15.0.